The Hall–Kier alpha value is -7.03. The quantitative estimate of drug-likeness (QED) is 0.0248. The van der Waals surface area contributed by atoms with Gasteiger partial charge < -0.3 is 46.2 Å². The number of nitrogens with one attached hydrogen (secondary N) is 1. The second-order valence-corrected chi connectivity index (χ2v) is 18.5. The van der Waals surface area contributed by atoms with Crippen LogP contribution in [0, 0.1) is 46.8 Å². The maximum Gasteiger partial charge on any atom is 0.306 e. The van der Waals surface area contributed by atoms with Crippen molar-refractivity contribution >= 4 is 68.0 Å². The third-order valence-corrected chi connectivity index (χ3v) is 11.9. The summed E-state index contributed by atoms with van der Waals surface area (Å²) in [6.07, 6.45) is 2.65. The van der Waals surface area contributed by atoms with Crippen molar-refractivity contribution in [3.63, 3.8) is 0 Å². The van der Waals surface area contributed by atoms with Crippen LogP contribution in [0.5, 0.6) is 0 Å². The fraction of sp³-hybridized carbons (Fsp3) is 0.526. The molecule has 95 heavy (non-hydrogen) atoms. The molecular formula is C78H131N3O13Pd. The van der Waals surface area contributed by atoms with E-state index in [0.717, 1.165) is 75.5 Å². The molecule has 16 nitrogen and oxygen atoms in total. The molecule has 5 saturated carbocycles. The van der Waals surface area contributed by atoms with E-state index in [0.29, 0.717) is 24.4 Å². The monoisotopic (exact) mass is 1470 g/mol. The van der Waals surface area contributed by atoms with E-state index in [1.54, 1.807) is 19.1 Å². The summed E-state index contributed by atoms with van der Waals surface area (Å²) in [5, 5.41) is 11.0. The third kappa shape index (κ3) is 79.3. The van der Waals surface area contributed by atoms with Crippen molar-refractivity contribution in [1.29, 1.82) is 0 Å². The fourth-order valence-electron chi connectivity index (χ4n) is 7.32. The number of aliphatic carboxylic acids is 1. The van der Waals surface area contributed by atoms with Gasteiger partial charge >= 0.3 is 11.9 Å². The van der Waals surface area contributed by atoms with Gasteiger partial charge in [-0.05, 0) is 144 Å². The molecule has 7 unspecified atom stereocenters. The van der Waals surface area contributed by atoms with Gasteiger partial charge in [-0.25, -0.2) is 0 Å². The van der Waals surface area contributed by atoms with E-state index in [-0.39, 0.29) is 130 Å². The third-order valence-electron chi connectivity index (χ3n) is 11.9. The summed E-state index contributed by atoms with van der Waals surface area (Å²) in [5.41, 5.74) is 4.23. The Balaban J connectivity index is -0.000000145. The number of allylic oxidation sites excluding steroid dienone is 14. The van der Waals surface area contributed by atoms with Crippen LogP contribution in [-0.4, -0.2) is 92.7 Å². The van der Waals surface area contributed by atoms with Crippen molar-refractivity contribution < 1.29 is 145 Å². The SMILES string of the molecule is C=CC=C.C=CC=O.N.O=CC1CC=CCC1.O=CC1CCCCC1.[2H]C(=C)C([2H])=C.[2H]C(=O)C([2H])=C([2H])[2H].[2H]C(=O)C1CC([2H])([2H])C([2H])([2H])CC1CC(=O)OCC.[2H]C(=O)C1CCC([2H])([2H])C([2H])([2H])C1.[2H]C([2H])(N)C1CC([2H])([2H])C([2H])([2H])CC1CC(=O)O.[2H]C([2H])=C([2H])C([2H])=C([2H])[2H].[2H]C([2H])=CC=C([2H])[2H].[2H]C([2H])=CC=O.[2H]C1([2H])CCC2(CC(=O)NC2([2H])[2H])CC1([2H])[2H].[2H]C=CC([2H])=O.[2H][2H].[HH].[Pd]. The van der Waals surface area contributed by atoms with Crippen LogP contribution in [0.4, 0.5) is 0 Å². The standard InChI is InChI=1S/C11H18O3.C9H17NO2.C9H15NO.2C7H12O.C7H10O.4C4H6.4C3H4O.H3N.Pd.2H2/c1-2-14-11(13)7-9-5-3-4-6-10(9)8-12;10-6-8-4-2-1-3-7(8)5-9(11)12;11-8-6-9(7-10-8)4-2-1-3-5-9;3*8-6-7-4-2-1-3-5-7;4*1-3-4-2;4*1-2-3-4;;;;/h8-10H,2-7H2,1H3;7-8H,1-6,10H2,(H,11,12);1-7H2,(H,10,11);2*6-7H,1-5H2;1-2,6-7H,3-5H2;4*3-4H,1-2H2;4*2-3H,1H2;1H3;;2*1H/i3D2,4D2,8D;1D2,2D2,6D2;1D2,2D2,7D2;1D2,2D2,6D;;;1D2,2D2,3D,4D;3D,4D;1D2,2D2;;1D2,2D,3D;1D,3D;1D2;;;;1+1D;. The number of carbonyl (C=O) groups is 11. The topological polar surface area (TPSA) is 290 Å². The second-order valence-electron chi connectivity index (χ2n) is 18.5. The van der Waals surface area contributed by atoms with Gasteiger partial charge in [0.15, 0.2) is 0 Å². The molecule has 17 heteroatoms. The van der Waals surface area contributed by atoms with E-state index in [1.807, 2.05) is 0 Å². The normalized spacial score (nSPS) is 31.8. The predicted molar refractivity (Wildman–Crippen MR) is 396 cm³/mol. The van der Waals surface area contributed by atoms with Crippen LogP contribution >= 0.6 is 0 Å². The molecular weight excluding hydrogens is 1290 g/mol. The summed E-state index contributed by atoms with van der Waals surface area (Å²) in [5.74, 6) is -5.47. The number of amides is 1. The summed E-state index contributed by atoms with van der Waals surface area (Å²) in [4.78, 5) is 113. The van der Waals surface area contributed by atoms with E-state index < -0.39 is 199 Å². The van der Waals surface area contributed by atoms with Gasteiger partial charge in [-0.1, -0.05) is 222 Å². The van der Waals surface area contributed by atoms with Crippen molar-refractivity contribution in [2.24, 2.45) is 52.6 Å². The van der Waals surface area contributed by atoms with Gasteiger partial charge in [0.1, 0.15) is 55.7 Å². The molecule has 0 aromatic heterocycles. The molecule has 0 aromatic rings. The molecule has 546 valence electrons. The maximum absolute atomic E-state index is 11.4. The first kappa shape index (κ1) is 44.7. The minimum absolute atomic E-state index is 0. The number of esters is 1. The summed E-state index contributed by atoms with van der Waals surface area (Å²) >= 11 is 0. The smallest absolute Gasteiger partial charge is 0.306 e. The first-order valence-electron chi connectivity index (χ1n) is 50.9. The number of carbonyl (C=O) groups excluding carboxylic acids is 10. The number of nitrogens with two attached hydrogens (primary N) is 1. The van der Waals surface area contributed by atoms with Gasteiger partial charge in [0.05, 0.1) is 31.3 Å². The van der Waals surface area contributed by atoms with Crippen molar-refractivity contribution in [3.8, 4) is 0 Å². The van der Waals surface area contributed by atoms with Crippen LogP contribution in [0.3, 0.4) is 0 Å². The van der Waals surface area contributed by atoms with Crippen LogP contribution in [-0.2, 0) is 77.9 Å². The first-order chi connectivity index (χ1) is 62.3. The Morgan fingerprint density at radius 1 is 0.642 bits per heavy atom. The van der Waals surface area contributed by atoms with Crippen molar-refractivity contribution in [2.45, 2.75) is 193 Å². The number of ether oxygens (including phenoxy) is 1. The molecule has 1 spiro atoms. The number of carboxylic acid groups (broad SMARTS) is 1. The molecule has 6 aliphatic carbocycles. The average Bonchev–Trinajstić information content (AvgIpc) is 1.50. The first-order valence-corrected chi connectivity index (χ1v) is 28.8. The molecule has 0 radical (unpaired) electrons. The molecule has 1 amide bonds. The maximum atomic E-state index is 11.4. The average molecular weight is 1470 g/mol. The fourth-order valence-corrected chi connectivity index (χ4v) is 7.32. The van der Waals surface area contributed by atoms with Gasteiger partial charge in [-0.3, -0.25) is 33.6 Å². The minimum Gasteiger partial charge on any atom is -0.481 e. The summed E-state index contributed by atoms with van der Waals surface area (Å²) in [7, 11) is 0. The molecule has 1 heterocycles. The van der Waals surface area contributed by atoms with Gasteiger partial charge in [0, 0.05) is 102 Å². The number of rotatable bonds is 18. The number of hydrogen-bond donors (Lipinski definition) is 4. The molecule has 7 atom stereocenters. The van der Waals surface area contributed by atoms with Crippen LogP contribution < -0.4 is 17.2 Å². The zero-order valence-corrected chi connectivity index (χ0v) is 55.7. The van der Waals surface area contributed by atoms with E-state index in [9.17, 15) is 47.9 Å². The van der Waals surface area contributed by atoms with E-state index in [1.165, 1.54) is 25.3 Å². The van der Waals surface area contributed by atoms with Crippen molar-refractivity contribution in [2.75, 3.05) is 19.6 Å². The second kappa shape index (κ2) is 89.0. The largest absolute Gasteiger partial charge is 0.481 e. The van der Waals surface area contributed by atoms with Crippen LogP contribution in [0.15, 0.2) is 164 Å². The van der Waals surface area contributed by atoms with Crippen LogP contribution in [0.25, 0.3) is 0 Å². The van der Waals surface area contributed by atoms with Crippen molar-refractivity contribution in [1.82, 2.24) is 11.5 Å². The zero-order valence-electron chi connectivity index (χ0n) is 98.2. The zero-order chi connectivity index (χ0) is 110. The van der Waals surface area contributed by atoms with E-state index in [2.05, 4.69) is 50.4 Å². The van der Waals surface area contributed by atoms with Gasteiger partial charge in [0.25, 0.3) is 0 Å². The minimum atomic E-state index is -2.22. The molecule has 0 bridgehead atoms. The number of carboxylic acids is 1. The molecule has 1 saturated heterocycles. The molecule has 1 aliphatic heterocycles. The summed E-state index contributed by atoms with van der Waals surface area (Å²) in [6.45, 7) is 10.7. The van der Waals surface area contributed by atoms with E-state index >= 15 is 0 Å². The Bertz CT molecular complexity index is 4000. The van der Waals surface area contributed by atoms with Gasteiger partial charge in [-0.15, -0.1) is 0 Å². The molecule has 7 aliphatic rings. The molecule has 7 rings (SSSR count). The summed E-state index contributed by atoms with van der Waals surface area (Å²) in [6, 6.07) is -2.30. The molecule has 6 fully saturated rings. The molecule has 7 N–H and O–H groups in total. The number of aldehydes is 8. The Morgan fingerprint density at radius 2 is 1.21 bits per heavy atom. The molecule has 0 aromatic carbocycles. The van der Waals surface area contributed by atoms with Crippen molar-refractivity contribution in [3.05, 3.63) is 164 Å². The Labute approximate surface area is 652 Å². The van der Waals surface area contributed by atoms with Gasteiger partial charge in [0.2, 0.25) is 5.91 Å². The van der Waals surface area contributed by atoms with Crippen LogP contribution in [0.1, 0.15) is 255 Å². The number of hydrogen-bond acceptors (Lipinski definition) is 14. The van der Waals surface area contributed by atoms with Crippen LogP contribution in [0.2, 0.25) is 0 Å². The Kier molecular flexibility index (Phi) is 41.9. The summed E-state index contributed by atoms with van der Waals surface area (Å²) < 4.78 is 310. The predicted octanol–water partition coefficient (Wildman–Crippen LogP) is 17.3. The Morgan fingerprint density at radius 3 is 1.57 bits per heavy atom. The van der Waals surface area contributed by atoms with E-state index in [4.69, 9.17) is 80.9 Å². The van der Waals surface area contributed by atoms with Gasteiger partial charge in [-0.2, -0.15) is 0 Å².